The van der Waals surface area contributed by atoms with Crippen LogP contribution in [0.3, 0.4) is 0 Å². The predicted molar refractivity (Wildman–Crippen MR) is 91.5 cm³/mol. The maximum absolute atomic E-state index is 12.4. The Morgan fingerprint density at radius 1 is 1.15 bits per heavy atom. The van der Waals surface area contributed by atoms with E-state index in [4.69, 9.17) is 11.6 Å². The fourth-order valence-electron chi connectivity index (χ4n) is 2.97. The first-order chi connectivity index (χ1) is 12.3. The smallest absolute Gasteiger partial charge is 0.321 e. The number of halogens is 1. The van der Waals surface area contributed by atoms with Gasteiger partial charge >= 0.3 is 6.03 Å². The van der Waals surface area contributed by atoms with Gasteiger partial charge in [-0.25, -0.2) is 4.79 Å². The van der Waals surface area contributed by atoms with Gasteiger partial charge in [0.05, 0.1) is 16.1 Å². The zero-order valence-electron chi connectivity index (χ0n) is 14.0. The molecule has 0 aromatic heterocycles. The molecule has 142 valence electrons. The van der Waals surface area contributed by atoms with E-state index < -0.39 is 53.4 Å². The number of urea groups is 1. The summed E-state index contributed by atoms with van der Waals surface area (Å²) in [5.41, 5.74) is -1.03. The molecular weight excluding hydrogens is 364 g/mol. The van der Waals surface area contributed by atoms with Crippen LogP contribution in [0.2, 0.25) is 5.02 Å². The largest absolute Gasteiger partial charge is 0.854 e. The number of carbonyl (C=O) groups excluding carboxylic acids is 3. The molecule has 0 radical (unpaired) electrons. The van der Waals surface area contributed by atoms with E-state index in [0.29, 0.717) is 0 Å². The summed E-state index contributed by atoms with van der Waals surface area (Å²) in [6.45, 7) is -0.769. The quantitative estimate of drug-likeness (QED) is 0.448. The van der Waals surface area contributed by atoms with Gasteiger partial charge in [-0.3, -0.25) is 14.9 Å². The van der Waals surface area contributed by atoms with Crippen molar-refractivity contribution in [2.45, 2.75) is 44.6 Å². The first kappa shape index (κ1) is 20.0. The summed E-state index contributed by atoms with van der Waals surface area (Å²) in [4.78, 5) is 36.6. The van der Waals surface area contributed by atoms with Crippen LogP contribution in [0.4, 0.5) is 4.79 Å². The van der Waals surface area contributed by atoms with Gasteiger partial charge in [0.15, 0.2) is 17.3 Å². The van der Waals surface area contributed by atoms with Crippen molar-refractivity contribution in [1.82, 2.24) is 10.6 Å². The lowest BCUT2D eigenvalue weighted by Gasteiger charge is -2.22. The number of amides is 3. The highest BCUT2D eigenvalue weighted by Crippen LogP contribution is 2.37. The number of phenolic OH excluding ortho intramolecular Hbond substituents is 2. The van der Waals surface area contributed by atoms with Crippen LogP contribution in [-0.2, 0) is 0 Å². The Bertz CT molecular complexity index is 716. The van der Waals surface area contributed by atoms with Gasteiger partial charge in [-0.1, -0.05) is 30.9 Å². The fourth-order valence-corrected chi connectivity index (χ4v) is 3.26. The van der Waals surface area contributed by atoms with Crippen molar-refractivity contribution in [1.29, 1.82) is 0 Å². The molecule has 4 N–H and O–H groups in total. The molecule has 1 aromatic rings. The lowest BCUT2D eigenvalue weighted by atomic mass is 9.96. The number of phenols is 2. The first-order valence-corrected chi connectivity index (χ1v) is 8.70. The van der Waals surface area contributed by atoms with Crippen molar-refractivity contribution in [3.8, 4) is 11.5 Å². The van der Waals surface area contributed by atoms with Crippen molar-refractivity contribution >= 4 is 29.3 Å². The van der Waals surface area contributed by atoms with Crippen LogP contribution < -0.4 is 15.7 Å². The molecule has 0 bridgehead atoms. The average Bonchev–Trinajstić information content (AvgIpc) is 2.58. The minimum Gasteiger partial charge on any atom is -0.854 e. The highest BCUT2D eigenvalue weighted by Gasteiger charge is 2.27. The molecule has 0 unspecified atom stereocenters. The van der Waals surface area contributed by atoms with Crippen LogP contribution >= 0.6 is 11.6 Å². The first-order valence-electron chi connectivity index (χ1n) is 8.32. The zero-order chi connectivity index (χ0) is 19.3. The molecule has 3 amide bonds. The molecule has 2 rings (SSSR count). The van der Waals surface area contributed by atoms with Gasteiger partial charge in [0.1, 0.15) is 0 Å². The summed E-state index contributed by atoms with van der Waals surface area (Å²) >= 11 is 5.93. The number of benzene rings is 1. The molecule has 8 nitrogen and oxygen atoms in total. The number of nitrogens with one attached hydrogen (secondary N) is 2. The van der Waals surface area contributed by atoms with E-state index in [1.165, 1.54) is 0 Å². The number of Topliss-reactive ketones (excluding diaryl/α,β-unsaturated/α-hetero) is 1. The Morgan fingerprint density at radius 3 is 2.42 bits per heavy atom. The van der Waals surface area contributed by atoms with Gasteiger partial charge in [0.2, 0.25) is 0 Å². The minimum absolute atomic E-state index is 0.0400. The summed E-state index contributed by atoms with van der Waals surface area (Å²) < 4.78 is 0. The lowest BCUT2D eigenvalue weighted by molar-refractivity contribution is -0.365. The number of rotatable bonds is 5. The van der Waals surface area contributed by atoms with Gasteiger partial charge in [0.25, 0.3) is 5.91 Å². The summed E-state index contributed by atoms with van der Waals surface area (Å²) in [7, 11) is 0. The molecule has 1 fully saturated rings. The van der Waals surface area contributed by atoms with E-state index in [0.717, 1.165) is 38.2 Å². The number of ketones is 1. The second-order valence-corrected chi connectivity index (χ2v) is 6.52. The van der Waals surface area contributed by atoms with E-state index in [9.17, 15) is 29.7 Å². The van der Waals surface area contributed by atoms with Gasteiger partial charge < -0.3 is 20.6 Å². The number of carbonyl (C=O) groups is 3. The van der Waals surface area contributed by atoms with Gasteiger partial charge in [0, 0.05) is 12.1 Å². The Kier molecular flexibility index (Phi) is 6.82. The van der Waals surface area contributed by atoms with Crippen LogP contribution in [0.25, 0.3) is 0 Å². The number of hydrogen-bond acceptors (Lipinski definition) is 6. The van der Waals surface area contributed by atoms with Crippen LogP contribution in [-0.4, -0.2) is 40.6 Å². The maximum Gasteiger partial charge on any atom is 0.321 e. The molecule has 0 spiro atoms. The third kappa shape index (κ3) is 4.64. The molecule has 26 heavy (non-hydrogen) atoms. The zero-order valence-corrected chi connectivity index (χ0v) is 14.8. The number of hydrogen-bond donors (Lipinski definition) is 4. The van der Waals surface area contributed by atoms with Crippen LogP contribution in [0, 0.1) is 0 Å². The van der Waals surface area contributed by atoms with Crippen LogP contribution in [0.1, 0.15) is 59.2 Å². The van der Waals surface area contributed by atoms with Crippen LogP contribution in [0.15, 0.2) is 6.07 Å². The molecule has 1 saturated carbocycles. The second kappa shape index (κ2) is 8.86. The average molecular weight is 384 g/mol. The van der Waals surface area contributed by atoms with Gasteiger partial charge in [-0.15, -0.1) is 6.61 Å². The Morgan fingerprint density at radius 2 is 1.81 bits per heavy atom. The fraction of sp³-hybridized carbons (Fsp3) is 0.471. The van der Waals surface area contributed by atoms with E-state index in [2.05, 4.69) is 10.6 Å². The molecule has 0 atom stereocenters. The maximum atomic E-state index is 12.4. The highest BCUT2D eigenvalue weighted by molar-refractivity contribution is 6.35. The number of aromatic hydroxyl groups is 2. The lowest BCUT2D eigenvalue weighted by Crippen LogP contribution is -2.45. The molecule has 1 aliphatic carbocycles. The van der Waals surface area contributed by atoms with Crippen LogP contribution in [0.5, 0.6) is 11.5 Å². The summed E-state index contributed by atoms with van der Waals surface area (Å²) in [5.74, 6) is -3.42. The SMILES string of the molecule is O=C(NC(=O)c1c(Cl)cc(O)c(O)c1C(=O)CC[O-])NC1CCCCC1. The van der Waals surface area contributed by atoms with Gasteiger partial charge in [-0.05, 0) is 19.3 Å². The molecule has 9 heteroatoms. The number of imide groups is 1. The van der Waals surface area contributed by atoms with E-state index in [1.54, 1.807) is 0 Å². The molecule has 0 saturated heterocycles. The van der Waals surface area contributed by atoms with E-state index in [1.807, 2.05) is 0 Å². The van der Waals surface area contributed by atoms with Crippen molar-refractivity contribution in [2.75, 3.05) is 6.61 Å². The van der Waals surface area contributed by atoms with Crippen molar-refractivity contribution in [2.24, 2.45) is 0 Å². The summed E-state index contributed by atoms with van der Waals surface area (Å²) in [5, 5.41) is 34.7. The third-order valence-electron chi connectivity index (χ3n) is 4.23. The molecule has 1 aliphatic rings. The summed E-state index contributed by atoms with van der Waals surface area (Å²) in [6, 6.07) is 0.105. The van der Waals surface area contributed by atoms with Crippen molar-refractivity contribution in [3.05, 3.63) is 22.2 Å². The predicted octanol–water partition coefficient (Wildman–Crippen LogP) is 1.46. The topological polar surface area (TPSA) is 139 Å². The monoisotopic (exact) mass is 383 g/mol. The summed E-state index contributed by atoms with van der Waals surface area (Å²) in [6.07, 6.45) is 4.22. The standard InChI is InChI=1S/C17H20ClN2O6/c18-10-8-12(23)15(24)14(11(22)6-7-21)13(10)16(25)20-17(26)19-9-4-2-1-3-5-9/h8-9,23-24H,1-7H2,(H2,19,20,25,26)/q-1. The van der Waals surface area contributed by atoms with E-state index in [-0.39, 0.29) is 11.1 Å². The third-order valence-corrected chi connectivity index (χ3v) is 4.53. The normalized spacial score (nSPS) is 14.7. The Labute approximate surface area is 155 Å². The molecule has 1 aromatic carbocycles. The molecular formula is C17H20ClN2O6-. The Balaban J connectivity index is 2.22. The molecule has 0 aliphatic heterocycles. The van der Waals surface area contributed by atoms with Gasteiger partial charge in [-0.2, -0.15) is 0 Å². The second-order valence-electron chi connectivity index (χ2n) is 6.12. The van der Waals surface area contributed by atoms with E-state index >= 15 is 0 Å². The van der Waals surface area contributed by atoms with Crippen molar-refractivity contribution < 1.29 is 29.7 Å². The highest BCUT2D eigenvalue weighted by atomic mass is 35.5. The molecule has 0 heterocycles. The Hall–Kier alpha value is -2.32. The van der Waals surface area contributed by atoms with Crippen molar-refractivity contribution in [3.63, 3.8) is 0 Å². The minimum atomic E-state index is -1.01.